The second kappa shape index (κ2) is 6.35. The van der Waals surface area contributed by atoms with Gasteiger partial charge in [0.2, 0.25) is 5.91 Å². The molecule has 20 heavy (non-hydrogen) atoms. The fourth-order valence-electron chi connectivity index (χ4n) is 2.75. The monoisotopic (exact) mass is 279 g/mol. The normalized spacial score (nSPS) is 24.5. The summed E-state index contributed by atoms with van der Waals surface area (Å²) in [5.74, 6) is -0.204. The molecule has 0 radical (unpaired) electrons. The first-order valence-corrected chi connectivity index (χ1v) is 7.13. The first-order valence-electron chi connectivity index (χ1n) is 7.13. The summed E-state index contributed by atoms with van der Waals surface area (Å²) in [5, 5.41) is 0. The van der Waals surface area contributed by atoms with Crippen molar-refractivity contribution in [2.75, 3.05) is 13.2 Å². The van der Waals surface area contributed by atoms with Crippen molar-refractivity contribution in [2.24, 2.45) is 5.92 Å². The lowest BCUT2D eigenvalue weighted by atomic mass is 9.98. The molecule has 110 valence electrons. The topological polar surface area (TPSA) is 29.5 Å². The van der Waals surface area contributed by atoms with Crippen LogP contribution in [-0.2, 0) is 16.0 Å². The smallest absolute Gasteiger partial charge is 0.226 e. The van der Waals surface area contributed by atoms with Crippen molar-refractivity contribution in [1.29, 1.82) is 0 Å². The Balaban J connectivity index is 2.02. The third-order valence-corrected chi connectivity index (χ3v) is 3.80. The maximum atomic E-state index is 12.9. The summed E-state index contributed by atoms with van der Waals surface area (Å²) in [5.41, 5.74) is 0.987. The van der Waals surface area contributed by atoms with Gasteiger partial charge >= 0.3 is 0 Å². The van der Waals surface area contributed by atoms with E-state index in [2.05, 4.69) is 0 Å². The Kier molecular flexibility index (Phi) is 4.76. The van der Waals surface area contributed by atoms with E-state index in [1.165, 1.54) is 12.1 Å². The number of hydrogen-bond acceptors (Lipinski definition) is 2. The number of hydrogen-bond donors (Lipinski definition) is 0. The number of nitrogens with zero attached hydrogens (tertiary/aromatic N) is 1. The lowest BCUT2D eigenvalue weighted by Crippen LogP contribution is -2.54. The zero-order valence-electron chi connectivity index (χ0n) is 12.3. The molecule has 0 saturated carbocycles. The summed E-state index contributed by atoms with van der Waals surface area (Å²) in [4.78, 5) is 14.5. The zero-order valence-corrected chi connectivity index (χ0v) is 12.3. The SMILES string of the molecule is CC(Cc1ccc(F)cc1)C(=O)N1C(C)COCC1C. The van der Waals surface area contributed by atoms with Crippen LogP contribution >= 0.6 is 0 Å². The van der Waals surface area contributed by atoms with Gasteiger partial charge in [0, 0.05) is 5.92 Å². The van der Waals surface area contributed by atoms with Gasteiger partial charge in [0.15, 0.2) is 0 Å². The molecule has 1 amide bonds. The van der Waals surface area contributed by atoms with Crippen molar-refractivity contribution in [2.45, 2.75) is 39.3 Å². The molecule has 1 fully saturated rings. The summed E-state index contributed by atoms with van der Waals surface area (Å²) in [6.07, 6.45) is 0.635. The Morgan fingerprint density at radius 2 is 1.85 bits per heavy atom. The van der Waals surface area contributed by atoms with Gasteiger partial charge in [-0.3, -0.25) is 4.79 Å². The molecule has 1 aromatic carbocycles. The maximum Gasteiger partial charge on any atom is 0.226 e. The molecule has 0 aliphatic carbocycles. The minimum Gasteiger partial charge on any atom is -0.377 e. The summed E-state index contributed by atoms with van der Waals surface area (Å²) < 4.78 is 18.3. The van der Waals surface area contributed by atoms with Gasteiger partial charge in [-0.25, -0.2) is 4.39 Å². The van der Waals surface area contributed by atoms with Crippen LogP contribution in [0.1, 0.15) is 26.3 Å². The highest BCUT2D eigenvalue weighted by Crippen LogP contribution is 2.19. The van der Waals surface area contributed by atoms with E-state index < -0.39 is 0 Å². The van der Waals surface area contributed by atoms with Crippen LogP contribution in [-0.4, -0.2) is 36.1 Å². The summed E-state index contributed by atoms with van der Waals surface area (Å²) in [6, 6.07) is 6.58. The third kappa shape index (κ3) is 3.37. The number of morpholine rings is 1. The Labute approximate surface area is 119 Å². The van der Waals surface area contributed by atoms with Crippen LogP contribution in [0.25, 0.3) is 0 Å². The number of carbonyl (C=O) groups is 1. The van der Waals surface area contributed by atoms with Crippen LogP contribution in [0.4, 0.5) is 4.39 Å². The van der Waals surface area contributed by atoms with E-state index in [4.69, 9.17) is 4.74 Å². The number of rotatable bonds is 3. The van der Waals surface area contributed by atoms with Gasteiger partial charge < -0.3 is 9.64 Å². The van der Waals surface area contributed by atoms with Crippen LogP contribution in [0, 0.1) is 11.7 Å². The number of amides is 1. The van der Waals surface area contributed by atoms with Crippen LogP contribution in [0.2, 0.25) is 0 Å². The molecule has 1 aliphatic rings. The second-order valence-electron chi connectivity index (χ2n) is 5.71. The number of halogens is 1. The molecule has 1 heterocycles. The number of benzene rings is 1. The molecule has 1 saturated heterocycles. The van der Waals surface area contributed by atoms with Crippen molar-refractivity contribution in [1.82, 2.24) is 4.90 Å². The predicted molar refractivity (Wildman–Crippen MR) is 75.9 cm³/mol. The van der Waals surface area contributed by atoms with Crippen molar-refractivity contribution < 1.29 is 13.9 Å². The quantitative estimate of drug-likeness (QED) is 0.851. The molecule has 0 aromatic heterocycles. The van der Waals surface area contributed by atoms with Gasteiger partial charge in [0.05, 0.1) is 25.3 Å². The minimum absolute atomic E-state index is 0.108. The van der Waals surface area contributed by atoms with E-state index in [0.29, 0.717) is 19.6 Å². The van der Waals surface area contributed by atoms with E-state index >= 15 is 0 Å². The van der Waals surface area contributed by atoms with Crippen molar-refractivity contribution in [3.05, 3.63) is 35.6 Å². The zero-order chi connectivity index (χ0) is 14.7. The maximum absolute atomic E-state index is 12.9. The molecule has 0 bridgehead atoms. The average Bonchev–Trinajstić information content (AvgIpc) is 2.41. The van der Waals surface area contributed by atoms with Gasteiger partial charge in [0.1, 0.15) is 5.82 Å². The lowest BCUT2D eigenvalue weighted by Gasteiger charge is -2.40. The minimum atomic E-state index is -0.247. The first-order chi connectivity index (χ1) is 9.49. The standard InChI is InChI=1S/C16H22FNO2/c1-11(8-14-4-6-15(17)7-5-14)16(19)18-12(2)9-20-10-13(18)3/h4-7,11-13H,8-10H2,1-3H3. The largest absolute Gasteiger partial charge is 0.377 e. The van der Waals surface area contributed by atoms with E-state index in [9.17, 15) is 9.18 Å². The Hall–Kier alpha value is -1.42. The molecular weight excluding hydrogens is 257 g/mol. The van der Waals surface area contributed by atoms with E-state index in [1.807, 2.05) is 25.7 Å². The van der Waals surface area contributed by atoms with Crippen LogP contribution in [0.3, 0.4) is 0 Å². The summed E-state index contributed by atoms with van der Waals surface area (Å²) >= 11 is 0. The molecule has 1 aromatic rings. The fraction of sp³-hybridized carbons (Fsp3) is 0.562. The van der Waals surface area contributed by atoms with E-state index in [1.54, 1.807) is 12.1 Å². The highest BCUT2D eigenvalue weighted by molar-refractivity contribution is 5.79. The Bertz CT molecular complexity index is 450. The number of ether oxygens (including phenoxy) is 1. The van der Waals surface area contributed by atoms with E-state index in [0.717, 1.165) is 5.56 Å². The van der Waals surface area contributed by atoms with Crippen LogP contribution < -0.4 is 0 Å². The second-order valence-corrected chi connectivity index (χ2v) is 5.71. The van der Waals surface area contributed by atoms with Gasteiger partial charge in [-0.15, -0.1) is 0 Å². The lowest BCUT2D eigenvalue weighted by molar-refractivity contribution is -0.148. The molecule has 3 unspecified atom stereocenters. The van der Waals surface area contributed by atoms with Crippen LogP contribution in [0.5, 0.6) is 0 Å². The van der Waals surface area contributed by atoms with Crippen molar-refractivity contribution in [3.8, 4) is 0 Å². The summed E-state index contributed by atoms with van der Waals surface area (Å²) in [7, 11) is 0. The molecule has 4 heteroatoms. The van der Waals surface area contributed by atoms with Gasteiger partial charge in [-0.1, -0.05) is 19.1 Å². The van der Waals surface area contributed by atoms with Crippen molar-refractivity contribution in [3.63, 3.8) is 0 Å². The third-order valence-electron chi connectivity index (χ3n) is 3.80. The first kappa shape index (κ1) is 15.0. The Morgan fingerprint density at radius 3 is 2.40 bits per heavy atom. The molecule has 0 spiro atoms. The van der Waals surface area contributed by atoms with E-state index in [-0.39, 0.29) is 29.7 Å². The molecule has 3 nitrogen and oxygen atoms in total. The summed E-state index contributed by atoms with van der Waals surface area (Å²) in [6.45, 7) is 7.15. The average molecular weight is 279 g/mol. The predicted octanol–water partition coefficient (Wildman–Crippen LogP) is 2.64. The van der Waals surface area contributed by atoms with Gasteiger partial charge in [-0.05, 0) is 38.0 Å². The molecule has 0 N–H and O–H groups in total. The van der Waals surface area contributed by atoms with Gasteiger partial charge in [-0.2, -0.15) is 0 Å². The highest BCUT2D eigenvalue weighted by atomic mass is 19.1. The highest BCUT2D eigenvalue weighted by Gasteiger charge is 2.32. The molecule has 3 atom stereocenters. The molecular formula is C16H22FNO2. The van der Waals surface area contributed by atoms with Crippen molar-refractivity contribution >= 4 is 5.91 Å². The molecule has 2 rings (SSSR count). The Morgan fingerprint density at radius 1 is 1.30 bits per heavy atom. The fourth-order valence-corrected chi connectivity index (χ4v) is 2.75. The van der Waals surface area contributed by atoms with Gasteiger partial charge in [0.25, 0.3) is 0 Å². The molecule has 1 aliphatic heterocycles. The number of carbonyl (C=O) groups excluding carboxylic acids is 1. The van der Waals surface area contributed by atoms with Crippen LogP contribution in [0.15, 0.2) is 24.3 Å².